The highest BCUT2D eigenvalue weighted by Gasteiger charge is 2.23. The summed E-state index contributed by atoms with van der Waals surface area (Å²) in [5, 5.41) is 0. The van der Waals surface area contributed by atoms with Crippen LogP contribution in [0.2, 0.25) is 0 Å². The fourth-order valence-corrected chi connectivity index (χ4v) is 3.38. The number of rotatable bonds is 4. The van der Waals surface area contributed by atoms with E-state index in [9.17, 15) is 9.18 Å². The molecular formula is C21H25FN2O. The molecule has 1 fully saturated rings. The summed E-state index contributed by atoms with van der Waals surface area (Å²) in [5.74, 6) is 0.166. The van der Waals surface area contributed by atoms with Gasteiger partial charge in [-0.25, -0.2) is 4.39 Å². The van der Waals surface area contributed by atoms with Crippen molar-refractivity contribution in [3.63, 3.8) is 0 Å². The first-order valence-electron chi connectivity index (χ1n) is 8.91. The van der Waals surface area contributed by atoms with Gasteiger partial charge in [-0.05, 0) is 29.2 Å². The maximum absolute atomic E-state index is 13.7. The van der Waals surface area contributed by atoms with Crippen molar-refractivity contribution in [1.29, 1.82) is 0 Å². The van der Waals surface area contributed by atoms with Crippen LogP contribution in [0.25, 0.3) is 0 Å². The molecule has 1 heterocycles. The van der Waals surface area contributed by atoms with E-state index >= 15 is 0 Å². The summed E-state index contributed by atoms with van der Waals surface area (Å²) in [6, 6.07) is 15.0. The maximum Gasteiger partial charge on any atom is 0.227 e. The zero-order valence-corrected chi connectivity index (χ0v) is 14.9. The average Bonchev–Trinajstić information content (AvgIpc) is 2.63. The van der Waals surface area contributed by atoms with Crippen molar-refractivity contribution in [3.8, 4) is 0 Å². The summed E-state index contributed by atoms with van der Waals surface area (Å²) in [4.78, 5) is 16.7. The van der Waals surface area contributed by atoms with Gasteiger partial charge in [-0.3, -0.25) is 4.79 Å². The van der Waals surface area contributed by atoms with Gasteiger partial charge in [0.05, 0.1) is 6.42 Å². The molecule has 2 aromatic carbocycles. The van der Waals surface area contributed by atoms with Crippen molar-refractivity contribution < 1.29 is 9.18 Å². The molecule has 0 N–H and O–H groups in total. The lowest BCUT2D eigenvalue weighted by atomic mass is 10.00. The summed E-state index contributed by atoms with van der Waals surface area (Å²) in [6.07, 6.45) is 0.134. The normalized spacial score (nSPS) is 14.9. The zero-order chi connectivity index (χ0) is 17.8. The summed E-state index contributed by atoms with van der Waals surface area (Å²) in [7, 11) is 0. The Morgan fingerprint density at radius 1 is 1.00 bits per heavy atom. The molecule has 0 aliphatic carbocycles. The van der Waals surface area contributed by atoms with Crippen LogP contribution in [0.15, 0.2) is 48.5 Å². The Bertz CT molecular complexity index is 736. The fraction of sp³-hybridized carbons (Fsp3) is 0.381. The molecule has 0 spiro atoms. The van der Waals surface area contributed by atoms with Crippen molar-refractivity contribution in [2.24, 2.45) is 0 Å². The Morgan fingerprint density at radius 2 is 1.64 bits per heavy atom. The van der Waals surface area contributed by atoms with Crippen LogP contribution in [0.4, 0.5) is 10.1 Å². The number of carbonyl (C=O) groups excluding carboxylic acids is 1. The maximum atomic E-state index is 13.7. The number of hydrogen-bond acceptors (Lipinski definition) is 2. The van der Waals surface area contributed by atoms with E-state index in [1.54, 1.807) is 18.2 Å². The Balaban J connectivity index is 1.62. The molecule has 3 rings (SSSR count). The van der Waals surface area contributed by atoms with E-state index in [2.05, 4.69) is 43.0 Å². The molecule has 2 aromatic rings. The van der Waals surface area contributed by atoms with Crippen molar-refractivity contribution in [2.45, 2.75) is 26.2 Å². The number of amides is 1. The summed E-state index contributed by atoms with van der Waals surface area (Å²) >= 11 is 0. The van der Waals surface area contributed by atoms with E-state index in [1.165, 1.54) is 17.3 Å². The number of halogens is 1. The van der Waals surface area contributed by atoms with Crippen molar-refractivity contribution in [3.05, 3.63) is 65.5 Å². The second-order valence-corrected chi connectivity index (χ2v) is 6.85. The molecule has 0 aromatic heterocycles. The van der Waals surface area contributed by atoms with E-state index < -0.39 is 0 Å². The molecule has 1 aliphatic rings. The molecule has 4 heteroatoms. The van der Waals surface area contributed by atoms with Crippen LogP contribution in [0.3, 0.4) is 0 Å². The number of para-hydroxylation sites is 1. The van der Waals surface area contributed by atoms with Gasteiger partial charge in [0, 0.05) is 31.9 Å². The first-order chi connectivity index (χ1) is 12.1. The summed E-state index contributed by atoms with van der Waals surface area (Å²) in [6.45, 7) is 7.39. The van der Waals surface area contributed by atoms with Crippen molar-refractivity contribution in [2.75, 3.05) is 31.1 Å². The lowest BCUT2D eigenvalue weighted by Crippen LogP contribution is -2.49. The van der Waals surface area contributed by atoms with Crippen LogP contribution in [0, 0.1) is 5.82 Å². The monoisotopic (exact) mass is 340 g/mol. The molecule has 0 radical (unpaired) electrons. The first-order valence-corrected chi connectivity index (χ1v) is 8.91. The Kier molecular flexibility index (Phi) is 5.37. The van der Waals surface area contributed by atoms with Crippen LogP contribution in [0.1, 0.15) is 30.9 Å². The van der Waals surface area contributed by atoms with Gasteiger partial charge < -0.3 is 9.80 Å². The van der Waals surface area contributed by atoms with E-state index in [1.807, 2.05) is 4.90 Å². The van der Waals surface area contributed by atoms with Crippen LogP contribution >= 0.6 is 0 Å². The highest BCUT2D eigenvalue weighted by Crippen LogP contribution is 2.28. The predicted octanol–water partition coefficient (Wildman–Crippen LogP) is 3.84. The molecule has 0 saturated carbocycles. The Morgan fingerprint density at radius 3 is 2.32 bits per heavy atom. The number of hydrogen-bond donors (Lipinski definition) is 0. The minimum Gasteiger partial charge on any atom is -0.368 e. The molecule has 25 heavy (non-hydrogen) atoms. The minimum atomic E-state index is -0.305. The topological polar surface area (TPSA) is 23.6 Å². The Labute approximate surface area is 149 Å². The summed E-state index contributed by atoms with van der Waals surface area (Å²) < 4.78 is 13.7. The largest absolute Gasteiger partial charge is 0.368 e. The lowest BCUT2D eigenvalue weighted by Gasteiger charge is -2.37. The molecule has 3 nitrogen and oxygen atoms in total. The van der Waals surface area contributed by atoms with E-state index in [0.717, 1.165) is 13.1 Å². The van der Waals surface area contributed by atoms with Crippen molar-refractivity contribution >= 4 is 11.6 Å². The van der Waals surface area contributed by atoms with Crippen LogP contribution in [-0.4, -0.2) is 37.0 Å². The molecule has 1 aliphatic heterocycles. The van der Waals surface area contributed by atoms with Gasteiger partial charge in [0.25, 0.3) is 0 Å². The van der Waals surface area contributed by atoms with Gasteiger partial charge in [0.1, 0.15) is 5.82 Å². The predicted molar refractivity (Wildman–Crippen MR) is 99.4 cm³/mol. The third kappa shape index (κ3) is 4.01. The zero-order valence-electron chi connectivity index (χ0n) is 14.9. The third-order valence-corrected chi connectivity index (χ3v) is 4.83. The molecular weight excluding hydrogens is 315 g/mol. The van der Waals surface area contributed by atoms with Gasteiger partial charge >= 0.3 is 0 Å². The fourth-order valence-electron chi connectivity index (χ4n) is 3.38. The number of benzene rings is 2. The van der Waals surface area contributed by atoms with Gasteiger partial charge in [-0.1, -0.05) is 50.2 Å². The SMILES string of the molecule is CC(C)c1ccccc1N1CCN(C(=O)Cc2ccccc2F)CC1. The quantitative estimate of drug-likeness (QED) is 0.844. The van der Waals surface area contributed by atoms with Gasteiger partial charge in [-0.15, -0.1) is 0 Å². The highest BCUT2D eigenvalue weighted by atomic mass is 19.1. The summed E-state index contributed by atoms with van der Waals surface area (Å²) in [5.41, 5.74) is 3.08. The molecule has 1 amide bonds. The average molecular weight is 340 g/mol. The van der Waals surface area contributed by atoms with Crippen molar-refractivity contribution in [1.82, 2.24) is 4.90 Å². The van der Waals surface area contributed by atoms with Gasteiger partial charge in [-0.2, -0.15) is 0 Å². The highest BCUT2D eigenvalue weighted by molar-refractivity contribution is 5.79. The molecule has 1 saturated heterocycles. The second-order valence-electron chi connectivity index (χ2n) is 6.85. The number of anilines is 1. The smallest absolute Gasteiger partial charge is 0.227 e. The van der Waals surface area contributed by atoms with Gasteiger partial charge in [0.2, 0.25) is 5.91 Å². The third-order valence-electron chi connectivity index (χ3n) is 4.83. The van der Waals surface area contributed by atoms with Gasteiger partial charge in [0.15, 0.2) is 0 Å². The number of carbonyl (C=O) groups is 1. The van der Waals surface area contributed by atoms with E-state index in [-0.39, 0.29) is 18.1 Å². The number of nitrogens with zero attached hydrogens (tertiary/aromatic N) is 2. The molecule has 0 bridgehead atoms. The first kappa shape index (κ1) is 17.5. The Hall–Kier alpha value is -2.36. The standard InChI is InChI=1S/C21H25FN2O/c1-16(2)18-8-4-6-10-20(18)23-11-13-24(14-12-23)21(25)15-17-7-3-5-9-19(17)22/h3-10,16H,11-15H2,1-2H3. The minimum absolute atomic E-state index is 0.00175. The lowest BCUT2D eigenvalue weighted by molar-refractivity contribution is -0.130. The molecule has 132 valence electrons. The molecule has 0 unspecified atom stereocenters. The molecule has 0 atom stereocenters. The van der Waals surface area contributed by atoms with Crippen LogP contribution in [-0.2, 0) is 11.2 Å². The van der Waals surface area contributed by atoms with Crippen LogP contribution < -0.4 is 4.90 Å². The van der Waals surface area contributed by atoms with Crippen LogP contribution in [0.5, 0.6) is 0 Å². The van der Waals surface area contributed by atoms with E-state index in [4.69, 9.17) is 0 Å². The van der Waals surface area contributed by atoms with E-state index in [0.29, 0.717) is 24.6 Å². The number of piperazine rings is 1. The second kappa shape index (κ2) is 7.68.